The van der Waals surface area contributed by atoms with E-state index >= 15 is 0 Å². The third-order valence-corrected chi connectivity index (χ3v) is 3.67. The van der Waals surface area contributed by atoms with Crippen molar-refractivity contribution < 1.29 is 28.2 Å². The lowest BCUT2D eigenvalue weighted by atomic mass is 9.80. The van der Waals surface area contributed by atoms with Gasteiger partial charge >= 0.3 is 5.97 Å². The number of hydrogen-bond acceptors (Lipinski definition) is 3. The van der Waals surface area contributed by atoms with Crippen molar-refractivity contribution in [2.45, 2.75) is 12.8 Å². The minimum atomic E-state index is -1.12. The quantitative estimate of drug-likeness (QED) is 0.885. The maximum atomic E-state index is 13.1. The van der Waals surface area contributed by atoms with Gasteiger partial charge in [-0.05, 0) is 31.0 Å². The summed E-state index contributed by atoms with van der Waals surface area (Å²) in [6.45, 7) is 0.546. The van der Waals surface area contributed by atoms with Gasteiger partial charge in [-0.3, -0.25) is 9.59 Å². The number of amides is 1. The van der Waals surface area contributed by atoms with E-state index in [2.05, 4.69) is 5.32 Å². The van der Waals surface area contributed by atoms with Gasteiger partial charge in [0.15, 0.2) is 11.6 Å². The van der Waals surface area contributed by atoms with E-state index in [0.29, 0.717) is 26.1 Å². The summed E-state index contributed by atoms with van der Waals surface area (Å²) in [4.78, 5) is 23.3. The first-order valence-electron chi connectivity index (χ1n) is 6.49. The minimum Gasteiger partial charge on any atom is -0.481 e. The van der Waals surface area contributed by atoms with Crippen molar-refractivity contribution in [2.75, 3.05) is 19.8 Å². The van der Waals surface area contributed by atoms with Crippen molar-refractivity contribution in [1.29, 1.82) is 0 Å². The summed E-state index contributed by atoms with van der Waals surface area (Å²) in [5.74, 6) is -3.81. The molecule has 7 heteroatoms. The molecule has 2 rings (SSSR count). The van der Waals surface area contributed by atoms with Crippen molar-refractivity contribution in [3.05, 3.63) is 35.4 Å². The van der Waals surface area contributed by atoms with Crippen molar-refractivity contribution in [2.24, 2.45) is 5.41 Å². The Morgan fingerprint density at radius 2 is 1.90 bits per heavy atom. The zero-order valence-electron chi connectivity index (χ0n) is 11.2. The molecule has 0 saturated carbocycles. The molecular formula is C14H15F2NO4. The molecule has 0 bridgehead atoms. The van der Waals surface area contributed by atoms with Crippen LogP contribution in [0.5, 0.6) is 0 Å². The summed E-state index contributed by atoms with van der Waals surface area (Å²) in [6, 6.07) is 2.78. The van der Waals surface area contributed by atoms with Crippen molar-refractivity contribution in [1.82, 2.24) is 5.32 Å². The number of rotatable bonds is 4. The molecule has 2 N–H and O–H groups in total. The van der Waals surface area contributed by atoms with Crippen LogP contribution in [-0.2, 0) is 9.53 Å². The van der Waals surface area contributed by atoms with E-state index in [1.54, 1.807) is 0 Å². The van der Waals surface area contributed by atoms with Gasteiger partial charge in [-0.25, -0.2) is 8.78 Å². The maximum absolute atomic E-state index is 13.1. The molecule has 1 heterocycles. The number of ether oxygens (including phenoxy) is 1. The number of carboxylic acid groups (broad SMARTS) is 1. The van der Waals surface area contributed by atoms with Gasteiger partial charge in [-0.1, -0.05) is 0 Å². The van der Waals surface area contributed by atoms with E-state index in [-0.39, 0.29) is 12.1 Å². The Labute approximate surface area is 119 Å². The SMILES string of the molecule is O=C(NCC1(C(=O)O)CCOCC1)c1ccc(F)c(F)c1. The Kier molecular flexibility index (Phi) is 4.52. The number of benzene rings is 1. The molecular weight excluding hydrogens is 284 g/mol. The van der Waals surface area contributed by atoms with Crippen LogP contribution in [0.3, 0.4) is 0 Å². The Morgan fingerprint density at radius 1 is 1.24 bits per heavy atom. The van der Waals surface area contributed by atoms with Crippen LogP contribution in [0.4, 0.5) is 8.78 Å². The molecule has 0 unspecified atom stereocenters. The van der Waals surface area contributed by atoms with Gasteiger partial charge in [0.2, 0.25) is 0 Å². The van der Waals surface area contributed by atoms with Gasteiger partial charge in [-0.15, -0.1) is 0 Å². The molecule has 1 saturated heterocycles. The monoisotopic (exact) mass is 299 g/mol. The number of aliphatic carboxylic acids is 1. The highest BCUT2D eigenvalue weighted by atomic mass is 19.2. The van der Waals surface area contributed by atoms with Crippen LogP contribution in [0.1, 0.15) is 23.2 Å². The second-order valence-electron chi connectivity index (χ2n) is 5.01. The van der Waals surface area contributed by atoms with Crippen molar-refractivity contribution >= 4 is 11.9 Å². The predicted octanol–water partition coefficient (Wildman–Crippen LogP) is 1.58. The summed E-state index contributed by atoms with van der Waals surface area (Å²) >= 11 is 0. The first-order valence-corrected chi connectivity index (χ1v) is 6.49. The highest BCUT2D eigenvalue weighted by Gasteiger charge is 2.40. The van der Waals surface area contributed by atoms with Crippen LogP contribution in [-0.4, -0.2) is 36.7 Å². The molecule has 0 aliphatic carbocycles. The fraction of sp³-hybridized carbons (Fsp3) is 0.429. The number of carbonyl (C=O) groups excluding carboxylic acids is 1. The van der Waals surface area contributed by atoms with Gasteiger partial charge in [-0.2, -0.15) is 0 Å². The molecule has 1 aliphatic heterocycles. The van der Waals surface area contributed by atoms with Gasteiger partial charge in [0, 0.05) is 25.3 Å². The van der Waals surface area contributed by atoms with Gasteiger partial charge in [0.05, 0.1) is 5.41 Å². The normalized spacial score (nSPS) is 17.2. The first-order chi connectivity index (χ1) is 9.94. The van der Waals surface area contributed by atoms with Crippen LogP contribution in [0.25, 0.3) is 0 Å². The minimum absolute atomic E-state index is 0.0542. The number of halogens is 2. The van der Waals surface area contributed by atoms with Crippen LogP contribution in [0, 0.1) is 17.0 Å². The number of hydrogen-bond donors (Lipinski definition) is 2. The second-order valence-corrected chi connectivity index (χ2v) is 5.01. The molecule has 21 heavy (non-hydrogen) atoms. The Bertz CT molecular complexity index is 556. The Morgan fingerprint density at radius 3 is 2.48 bits per heavy atom. The lowest BCUT2D eigenvalue weighted by Crippen LogP contribution is -2.46. The van der Waals surface area contributed by atoms with Gasteiger partial charge in [0.1, 0.15) is 0 Å². The van der Waals surface area contributed by atoms with E-state index in [1.807, 2.05) is 0 Å². The molecule has 1 aromatic rings. The summed E-state index contributed by atoms with van der Waals surface area (Å²) in [5, 5.41) is 11.8. The topological polar surface area (TPSA) is 75.6 Å². The molecule has 0 aromatic heterocycles. The molecule has 1 aromatic carbocycles. The van der Waals surface area contributed by atoms with Gasteiger partial charge in [0.25, 0.3) is 5.91 Å². The number of carboxylic acids is 1. The number of carbonyl (C=O) groups is 2. The van der Waals surface area contributed by atoms with Crippen LogP contribution in [0.2, 0.25) is 0 Å². The van der Waals surface area contributed by atoms with Crippen LogP contribution >= 0.6 is 0 Å². The van der Waals surface area contributed by atoms with E-state index in [9.17, 15) is 23.5 Å². The lowest BCUT2D eigenvalue weighted by molar-refractivity contribution is -0.154. The highest BCUT2D eigenvalue weighted by Crippen LogP contribution is 2.30. The summed E-state index contributed by atoms with van der Waals surface area (Å²) in [5.41, 5.74) is -1.13. The molecule has 114 valence electrons. The van der Waals surface area contributed by atoms with E-state index in [0.717, 1.165) is 18.2 Å². The first kappa shape index (κ1) is 15.4. The fourth-order valence-corrected chi connectivity index (χ4v) is 2.22. The second kappa shape index (κ2) is 6.17. The predicted molar refractivity (Wildman–Crippen MR) is 68.8 cm³/mol. The van der Waals surface area contributed by atoms with E-state index in [4.69, 9.17) is 4.74 Å². The molecule has 0 spiro atoms. The fourth-order valence-electron chi connectivity index (χ4n) is 2.22. The zero-order valence-corrected chi connectivity index (χ0v) is 11.2. The molecule has 1 fully saturated rings. The average molecular weight is 299 g/mol. The molecule has 1 amide bonds. The standard InChI is InChI=1S/C14H15F2NO4/c15-10-2-1-9(7-11(10)16)12(18)17-8-14(13(19)20)3-5-21-6-4-14/h1-2,7H,3-6,8H2,(H,17,18)(H,19,20). The Hall–Kier alpha value is -2.02. The van der Waals surface area contributed by atoms with Crippen LogP contribution < -0.4 is 5.32 Å². The third-order valence-electron chi connectivity index (χ3n) is 3.67. The highest BCUT2D eigenvalue weighted by molar-refractivity contribution is 5.94. The van der Waals surface area contributed by atoms with Crippen molar-refractivity contribution in [3.63, 3.8) is 0 Å². The zero-order chi connectivity index (χ0) is 15.5. The molecule has 1 aliphatic rings. The van der Waals surface area contributed by atoms with Crippen LogP contribution in [0.15, 0.2) is 18.2 Å². The Balaban J connectivity index is 2.05. The smallest absolute Gasteiger partial charge is 0.311 e. The molecule has 0 radical (unpaired) electrons. The third kappa shape index (κ3) is 3.36. The summed E-state index contributed by atoms with van der Waals surface area (Å²) in [6.07, 6.45) is 0.584. The largest absolute Gasteiger partial charge is 0.481 e. The maximum Gasteiger partial charge on any atom is 0.311 e. The van der Waals surface area contributed by atoms with Gasteiger partial charge < -0.3 is 15.2 Å². The summed E-state index contributed by atoms with van der Waals surface area (Å²) < 4.78 is 31.0. The molecule has 5 nitrogen and oxygen atoms in total. The average Bonchev–Trinajstić information content (AvgIpc) is 2.48. The number of nitrogens with one attached hydrogen (secondary N) is 1. The molecule has 0 atom stereocenters. The van der Waals surface area contributed by atoms with E-state index in [1.165, 1.54) is 0 Å². The van der Waals surface area contributed by atoms with E-state index < -0.39 is 28.9 Å². The van der Waals surface area contributed by atoms with Crippen molar-refractivity contribution in [3.8, 4) is 0 Å². The summed E-state index contributed by atoms with van der Waals surface area (Å²) in [7, 11) is 0. The lowest BCUT2D eigenvalue weighted by Gasteiger charge is -2.33.